The van der Waals surface area contributed by atoms with E-state index in [1.165, 1.54) is 9.47 Å². The molecule has 1 N–H and O–H groups in total. The third-order valence-electron chi connectivity index (χ3n) is 6.26. The van der Waals surface area contributed by atoms with Gasteiger partial charge in [0.2, 0.25) is 0 Å². The van der Waals surface area contributed by atoms with Gasteiger partial charge in [0.1, 0.15) is 16.8 Å². The van der Waals surface area contributed by atoms with E-state index in [0.29, 0.717) is 35.5 Å². The number of anilines is 1. The Morgan fingerprint density at radius 1 is 1.29 bits per heavy atom. The molecule has 0 radical (unpaired) electrons. The van der Waals surface area contributed by atoms with Gasteiger partial charge in [-0.3, -0.25) is 14.3 Å². The average molecular weight is 515 g/mol. The number of nitriles is 1. The zero-order valence-corrected chi connectivity index (χ0v) is 21.2. The maximum atomic E-state index is 13.9. The lowest BCUT2D eigenvalue weighted by atomic mass is 10.0. The van der Waals surface area contributed by atoms with Crippen LogP contribution in [0.25, 0.3) is 16.7 Å². The molecule has 11 heteroatoms. The first-order valence-corrected chi connectivity index (χ1v) is 11.9. The molecule has 9 nitrogen and oxygen atoms in total. The van der Waals surface area contributed by atoms with Crippen LogP contribution in [-0.4, -0.2) is 56.3 Å². The molecular formula is C24H24Cl2N6O3. The Kier molecular flexibility index (Phi) is 6.62. The number of aryl methyl sites for hydroxylation is 1. The fourth-order valence-electron chi connectivity index (χ4n) is 4.61. The third-order valence-corrected chi connectivity index (χ3v) is 6.93. The minimum atomic E-state index is -1.01. The second kappa shape index (κ2) is 9.36. The molecule has 1 amide bonds. The highest BCUT2D eigenvalue weighted by Gasteiger charge is 2.32. The SMILES string of the molecule is Cc1ccnc(C(C)C)c1-n1c(=O)c(C#N)c(N2CCN(C(=O)O)[C@H](C)C2)c2cc(Cl)c(Cl)nc21. The van der Waals surface area contributed by atoms with Crippen LogP contribution in [0.3, 0.4) is 0 Å². The molecule has 1 saturated heterocycles. The van der Waals surface area contributed by atoms with Crippen molar-refractivity contribution < 1.29 is 9.90 Å². The molecule has 0 bridgehead atoms. The smallest absolute Gasteiger partial charge is 0.407 e. The molecule has 3 aromatic rings. The Balaban J connectivity index is 2.09. The molecule has 1 atom stereocenters. The highest BCUT2D eigenvalue weighted by molar-refractivity contribution is 6.41. The molecule has 1 fully saturated rings. The van der Waals surface area contributed by atoms with Crippen molar-refractivity contribution in [3.8, 4) is 11.8 Å². The van der Waals surface area contributed by atoms with Crippen LogP contribution in [0.4, 0.5) is 10.5 Å². The number of carboxylic acid groups (broad SMARTS) is 1. The molecule has 4 heterocycles. The van der Waals surface area contributed by atoms with Crippen LogP contribution < -0.4 is 10.5 Å². The Labute approximate surface area is 212 Å². The number of piperazine rings is 1. The summed E-state index contributed by atoms with van der Waals surface area (Å²) in [6, 6.07) is 5.13. The van der Waals surface area contributed by atoms with E-state index in [0.717, 1.165) is 5.56 Å². The van der Waals surface area contributed by atoms with Gasteiger partial charge in [0, 0.05) is 37.3 Å². The predicted octanol–water partition coefficient (Wildman–Crippen LogP) is 4.58. The minimum absolute atomic E-state index is 0.00946. The van der Waals surface area contributed by atoms with Crippen LogP contribution >= 0.6 is 23.2 Å². The first-order chi connectivity index (χ1) is 16.6. The van der Waals surface area contributed by atoms with E-state index in [2.05, 4.69) is 16.0 Å². The molecule has 0 saturated carbocycles. The van der Waals surface area contributed by atoms with Crippen molar-refractivity contribution in [2.45, 2.75) is 39.7 Å². The highest BCUT2D eigenvalue weighted by atomic mass is 35.5. The standard InChI is InChI=1S/C24H24Cl2N6O3/c1-12(2)18-19(13(3)5-6-28-18)32-22-15(9-17(25)21(26)29-22)20(16(10-27)23(32)33)30-7-8-31(24(34)35)14(4)11-30/h5-6,9,12,14H,7-8,11H2,1-4H3,(H,34,35)/t14-/m1/s1. The summed E-state index contributed by atoms with van der Waals surface area (Å²) in [7, 11) is 0. The number of fused-ring (bicyclic) bond motifs is 1. The fraction of sp³-hybridized carbons (Fsp3) is 0.375. The van der Waals surface area contributed by atoms with Crippen LogP contribution in [0, 0.1) is 18.3 Å². The molecule has 0 spiro atoms. The molecular weight excluding hydrogens is 491 g/mol. The lowest BCUT2D eigenvalue weighted by molar-refractivity contribution is 0.123. The maximum absolute atomic E-state index is 13.9. The summed E-state index contributed by atoms with van der Waals surface area (Å²) in [5, 5.41) is 20.3. The number of amides is 1. The Morgan fingerprint density at radius 2 is 2.00 bits per heavy atom. The van der Waals surface area contributed by atoms with Crippen molar-refractivity contribution in [2.24, 2.45) is 0 Å². The van der Waals surface area contributed by atoms with Crippen molar-refractivity contribution in [2.75, 3.05) is 24.5 Å². The number of aromatic nitrogens is 3. The molecule has 3 aromatic heterocycles. The van der Waals surface area contributed by atoms with E-state index in [-0.39, 0.29) is 39.9 Å². The van der Waals surface area contributed by atoms with Gasteiger partial charge in [-0.25, -0.2) is 9.78 Å². The summed E-state index contributed by atoms with van der Waals surface area (Å²) < 4.78 is 1.40. The van der Waals surface area contributed by atoms with Crippen molar-refractivity contribution in [1.29, 1.82) is 5.26 Å². The van der Waals surface area contributed by atoms with Gasteiger partial charge in [-0.1, -0.05) is 37.0 Å². The van der Waals surface area contributed by atoms with E-state index in [4.69, 9.17) is 23.2 Å². The molecule has 0 unspecified atom stereocenters. The van der Waals surface area contributed by atoms with Gasteiger partial charge in [0.25, 0.3) is 5.56 Å². The number of carbonyl (C=O) groups is 1. The summed E-state index contributed by atoms with van der Waals surface area (Å²) in [5.41, 5.74) is 2.03. The van der Waals surface area contributed by atoms with Gasteiger partial charge in [-0.2, -0.15) is 5.26 Å². The zero-order chi connectivity index (χ0) is 25.6. The summed E-state index contributed by atoms with van der Waals surface area (Å²) in [6.45, 7) is 8.41. The van der Waals surface area contributed by atoms with Crippen molar-refractivity contribution >= 4 is 46.0 Å². The van der Waals surface area contributed by atoms with Gasteiger partial charge in [0.05, 0.1) is 22.1 Å². The highest BCUT2D eigenvalue weighted by Crippen LogP contribution is 2.36. The van der Waals surface area contributed by atoms with E-state index in [1.54, 1.807) is 25.3 Å². The number of halogens is 2. The molecule has 0 aromatic carbocycles. The monoisotopic (exact) mass is 514 g/mol. The maximum Gasteiger partial charge on any atom is 0.407 e. The molecule has 1 aliphatic rings. The third kappa shape index (κ3) is 4.17. The Morgan fingerprint density at radius 3 is 2.60 bits per heavy atom. The predicted molar refractivity (Wildman–Crippen MR) is 135 cm³/mol. The first kappa shape index (κ1) is 24.8. The normalized spacial score (nSPS) is 16.1. The summed E-state index contributed by atoms with van der Waals surface area (Å²) in [5.74, 6) is -0.00946. The number of hydrogen-bond donors (Lipinski definition) is 1. The topological polar surface area (TPSA) is 115 Å². The van der Waals surface area contributed by atoms with Gasteiger partial charge in [0.15, 0.2) is 5.65 Å². The number of rotatable bonds is 3. The van der Waals surface area contributed by atoms with Crippen LogP contribution in [0.15, 0.2) is 23.1 Å². The van der Waals surface area contributed by atoms with Crippen molar-refractivity contribution in [3.05, 3.63) is 55.7 Å². The average Bonchev–Trinajstić information content (AvgIpc) is 2.79. The Hall–Kier alpha value is -3.35. The van der Waals surface area contributed by atoms with Gasteiger partial charge >= 0.3 is 6.09 Å². The fourth-order valence-corrected chi connectivity index (χ4v) is 4.90. The van der Waals surface area contributed by atoms with E-state index in [9.17, 15) is 20.0 Å². The molecule has 182 valence electrons. The lowest BCUT2D eigenvalue weighted by Gasteiger charge is -2.40. The number of nitrogens with zero attached hydrogens (tertiary/aromatic N) is 6. The van der Waals surface area contributed by atoms with Gasteiger partial charge in [-0.15, -0.1) is 0 Å². The van der Waals surface area contributed by atoms with Crippen molar-refractivity contribution in [3.63, 3.8) is 0 Å². The summed E-state index contributed by atoms with van der Waals surface area (Å²) in [4.78, 5) is 37.6. The summed E-state index contributed by atoms with van der Waals surface area (Å²) >= 11 is 12.7. The van der Waals surface area contributed by atoms with Crippen LogP contribution in [0.2, 0.25) is 10.2 Å². The molecule has 1 aliphatic heterocycles. The first-order valence-electron chi connectivity index (χ1n) is 11.1. The van der Waals surface area contributed by atoms with E-state index < -0.39 is 11.7 Å². The van der Waals surface area contributed by atoms with E-state index >= 15 is 0 Å². The quantitative estimate of drug-likeness (QED) is 0.508. The minimum Gasteiger partial charge on any atom is -0.465 e. The second-order valence-corrected chi connectivity index (χ2v) is 9.66. The summed E-state index contributed by atoms with van der Waals surface area (Å²) in [6.07, 6.45) is 0.671. The Bertz CT molecular complexity index is 1450. The molecule has 35 heavy (non-hydrogen) atoms. The number of pyridine rings is 3. The zero-order valence-electron chi connectivity index (χ0n) is 19.7. The van der Waals surface area contributed by atoms with Crippen molar-refractivity contribution in [1.82, 2.24) is 19.4 Å². The largest absolute Gasteiger partial charge is 0.465 e. The molecule has 0 aliphatic carbocycles. The lowest BCUT2D eigenvalue weighted by Crippen LogP contribution is -2.54. The molecule has 4 rings (SSSR count). The van der Waals surface area contributed by atoms with Gasteiger partial charge in [-0.05, 0) is 37.5 Å². The van der Waals surface area contributed by atoms with Crippen LogP contribution in [0.1, 0.15) is 43.5 Å². The number of hydrogen-bond acceptors (Lipinski definition) is 6. The van der Waals surface area contributed by atoms with Crippen LogP contribution in [0.5, 0.6) is 0 Å². The van der Waals surface area contributed by atoms with Gasteiger partial charge < -0.3 is 14.9 Å². The second-order valence-electron chi connectivity index (χ2n) is 8.90. The van der Waals surface area contributed by atoms with Crippen LogP contribution in [-0.2, 0) is 0 Å². The van der Waals surface area contributed by atoms with E-state index in [1.807, 2.05) is 25.7 Å².